The molecule has 0 heterocycles. The summed E-state index contributed by atoms with van der Waals surface area (Å²) in [5, 5.41) is 0. The van der Waals surface area contributed by atoms with Gasteiger partial charge in [0.15, 0.2) is 0 Å². The fourth-order valence-corrected chi connectivity index (χ4v) is 0.835. The Morgan fingerprint density at radius 3 is 2.73 bits per heavy atom. The van der Waals surface area contributed by atoms with Gasteiger partial charge in [-0.2, -0.15) is 0 Å². The summed E-state index contributed by atoms with van der Waals surface area (Å²) in [7, 11) is 0. The average Bonchev–Trinajstić information content (AvgIpc) is 2.03. The van der Waals surface area contributed by atoms with Crippen LogP contribution < -0.4 is 0 Å². The van der Waals surface area contributed by atoms with Gasteiger partial charge in [0, 0.05) is 0 Å². The van der Waals surface area contributed by atoms with Crippen molar-refractivity contribution in [2.45, 2.75) is 32.7 Å². The number of hydrogen-bond acceptors (Lipinski definition) is 2. The highest BCUT2D eigenvalue weighted by Gasteiger charge is 1.97. The van der Waals surface area contributed by atoms with Gasteiger partial charge < -0.3 is 0 Å². The molecule has 0 aromatic carbocycles. The van der Waals surface area contributed by atoms with E-state index in [0.717, 1.165) is 19.1 Å². The van der Waals surface area contributed by atoms with Crippen molar-refractivity contribution in [3.63, 3.8) is 0 Å². The zero-order chi connectivity index (χ0) is 8.53. The number of allylic oxidation sites excluding steroid dienone is 1. The summed E-state index contributed by atoms with van der Waals surface area (Å²) in [4.78, 5) is 14.1. The lowest BCUT2D eigenvalue weighted by Crippen LogP contribution is -1.99. The Morgan fingerprint density at radius 1 is 1.55 bits per heavy atom. The topological polar surface area (TPSA) is 29.4 Å². The van der Waals surface area contributed by atoms with Crippen molar-refractivity contribution in [2.24, 2.45) is 4.99 Å². The van der Waals surface area contributed by atoms with E-state index >= 15 is 0 Å². The Balaban J connectivity index is 3.68. The summed E-state index contributed by atoms with van der Waals surface area (Å²) in [6.07, 6.45) is 7.86. The van der Waals surface area contributed by atoms with Gasteiger partial charge in [0.25, 0.3) is 0 Å². The molecule has 11 heavy (non-hydrogen) atoms. The first-order chi connectivity index (χ1) is 5.35. The number of carbonyl (C=O) groups is 1. The van der Waals surface area contributed by atoms with Gasteiger partial charge in [0.2, 0.25) is 0 Å². The monoisotopic (exact) mass is 153 g/mol. The summed E-state index contributed by atoms with van der Waals surface area (Å²) in [6.45, 7) is 4.00. The van der Waals surface area contributed by atoms with E-state index in [1.165, 1.54) is 6.08 Å². The summed E-state index contributed by atoms with van der Waals surface area (Å²) in [6, 6.07) is 0.344. The molecule has 0 aliphatic rings. The second-order valence-electron chi connectivity index (χ2n) is 2.27. The first-order valence-corrected chi connectivity index (χ1v) is 3.93. The molecule has 62 valence electrons. The Morgan fingerprint density at radius 2 is 2.27 bits per heavy atom. The molecule has 0 spiro atoms. The van der Waals surface area contributed by atoms with E-state index in [1.54, 1.807) is 0 Å². The first kappa shape index (κ1) is 10.1. The molecule has 2 nitrogen and oxygen atoms in total. The van der Waals surface area contributed by atoms with Crippen molar-refractivity contribution in [3.05, 3.63) is 12.2 Å². The second kappa shape index (κ2) is 7.19. The Kier molecular flexibility index (Phi) is 6.59. The Hall–Kier alpha value is -0.920. The van der Waals surface area contributed by atoms with Gasteiger partial charge in [0.1, 0.15) is 6.29 Å². The number of rotatable bonds is 5. The minimum absolute atomic E-state index is 0.344. The summed E-state index contributed by atoms with van der Waals surface area (Å²) >= 11 is 0. The SMILES string of the molecule is CC=NC(CC)C/C=C/C=O. The molecule has 1 unspecified atom stereocenters. The minimum atomic E-state index is 0.344. The van der Waals surface area contributed by atoms with Gasteiger partial charge in [0.05, 0.1) is 6.04 Å². The molecule has 0 amide bonds. The van der Waals surface area contributed by atoms with Crippen LogP contribution >= 0.6 is 0 Å². The molecule has 0 aliphatic carbocycles. The molecule has 0 fully saturated rings. The van der Waals surface area contributed by atoms with Crippen LogP contribution in [0.3, 0.4) is 0 Å². The third-order valence-electron chi connectivity index (χ3n) is 1.45. The van der Waals surface area contributed by atoms with Crippen LogP contribution in [-0.2, 0) is 4.79 Å². The molecule has 0 bridgehead atoms. The van der Waals surface area contributed by atoms with Gasteiger partial charge in [-0.15, -0.1) is 0 Å². The number of hydrogen-bond donors (Lipinski definition) is 0. The second-order valence-corrected chi connectivity index (χ2v) is 2.27. The van der Waals surface area contributed by atoms with Crippen molar-refractivity contribution in [1.29, 1.82) is 0 Å². The maximum absolute atomic E-state index is 9.91. The normalized spacial score (nSPS) is 14.4. The van der Waals surface area contributed by atoms with Crippen LogP contribution in [0, 0.1) is 0 Å². The standard InChI is InChI=1S/C9H15NO/c1-3-9(10-4-2)7-5-6-8-11/h4-6,8-9H,3,7H2,1-2H3/b6-5+,10-4?. The van der Waals surface area contributed by atoms with E-state index in [2.05, 4.69) is 11.9 Å². The van der Waals surface area contributed by atoms with E-state index in [9.17, 15) is 4.79 Å². The molecular weight excluding hydrogens is 138 g/mol. The fraction of sp³-hybridized carbons (Fsp3) is 0.556. The molecule has 0 saturated carbocycles. The zero-order valence-electron chi connectivity index (χ0n) is 7.16. The fourth-order valence-electron chi connectivity index (χ4n) is 0.835. The number of carbonyl (C=O) groups excluding carboxylic acids is 1. The highest BCUT2D eigenvalue weighted by atomic mass is 16.1. The van der Waals surface area contributed by atoms with Gasteiger partial charge >= 0.3 is 0 Å². The molecule has 1 atom stereocenters. The lowest BCUT2D eigenvalue weighted by Gasteiger charge is -2.03. The molecule has 0 N–H and O–H groups in total. The van der Waals surface area contributed by atoms with E-state index in [-0.39, 0.29) is 0 Å². The van der Waals surface area contributed by atoms with Crippen LogP contribution in [0.4, 0.5) is 0 Å². The van der Waals surface area contributed by atoms with Crippen LogP contribution in [0.5, 0.6) is 0 Å². The Labute approximate surface area is 68.0 Å². The molecule has 0 aromatic rings. The number of nitrogens with zero attached hydrogens (tertiary/aromatic N) is 1. The summed E-state index contributed by atoms with van der Waals surface area (Å²) in [5.74, 6) is 0. The zero-order valence-corrected chi connectivity index (χ0v) is 7.16. The van der Waals surface area contributed by atoms with Gasteiger partial charge in [-0.05, 0) is 32.1 Å². The van der Waals surface area contributed by atoms with Gasteiger partial charge in [-0.1, -0.05) is 13.0 Å². The molecule has 2 heteroatoms. The average molecular weight is 153 g/mol. The van der Waals surface area contributed by atoms with E-state index in [1.807, 2.05) is 19.2 Å². The van der Waals surface area contributed by atoms with Crippen molar-refractivity contribution in [2.75, 3.05) is 0 Å². The molecule has 0 rings (SSSR count). The smallest absolute Gasteiger partial charge is 0.142 e. The van der Waals surface area contributed by atoms with Crippen LogP contribution in [0.25, 0.3) is 0 Å². The quantitative estimate of drug-likeness (QED) is 0.337. The van der Waals surface area contributed by atoms with Gasteiger partial charge in [-0.25, -0.2) is 0 Å². The van der Waals surface area contributed by atoms with Crippen LogP contribution in [0.1, 0.15) is 26.7 Å². The third kappa shape index (κ3) is 5.52. The molecular formula is C9H15NO. The van der Waals surface area contributed by atoms with E-state index in [0.29, 0.717) is 6.04 Å². The minimum Gasteiger partial charge on any atom is -0.299 e. The Bertz CT molecular complexity index is 150. The molecule has 0 aliphatic heterocycles. The van der Waals surface area contributed by atoms with E-state index < -0.39 is 0 Å². The first-order valence-electron chi connectivity index (χ1n) is 3.93. The maximum Gasteiger partial charge on any atom is 0.142 e. The third-order valence-corrected chi connectivity index (χ3v) is 1.45. The van der Waals surface area contributed by atoms with Crippen molar-refractivity contribution in [3.8, 4) is 0 Å². The summed E-state index contributed by atoms with van der Waals surface area (Å²) < 4.78 is 0. The molecule has 0 aromatic heterocycles. The van der Waals surface area contributed by atoms with Crippen molar-refractivity contribution in [1.82, 2.24) is 0 Å². The van der Waals surface area contributed by atoms with Gasteiger partial charge in [-0.3, -0.25) is 9.79 Å². The number of aliphatic imine (C=N–C) groups is 1. The number of aldehydes is 1. The van der Waals surface area contributed by atoms with Crippen molar-refractivity contribution >= 4 is 12.5 Å². The largest absolute Gasteiger partial charge is 0.299 e. The van der Waals surface area contributed by atoms with Crippen LogP contribution in [0.15, 0.2) is 17.1 Å². The predicted molar refractivity (Wildman–Crippen MR) is 48.1 cm³/mol. The van der Waals surface area contributed by atoms with E-state index in [4.69, 9.17) is 0 Å². The van der Waals surface area contributed by atoms with Crippen LogP contribution in [0.2, 0.25) is 0 Å². The highest BCUT2D eigenvalue weighted by Crippen LogP contribution is 2.02. The summed E-state index contributed by atoms with van der Waals surface area (Å²) in [5.41, 5.74) is 0. The highest BCUT2D eigenvalue weighted by molar-refractivity contribution is 5.64. The lowest BCUT2D eigenvalue weighted by molar-refractivity contribution is -0.104. The molecule has 0 saturated heterocycles. The van der Waals surface area contributed by atoms with Crippen LogP contribution in [-0.4, -0.2) is 18.5 Å². The lowest BCUT2D eigenvalue weighted by atomic mass is 10.1. The molecule has 0 radical (unpaired) electrons. The van der Waals surface area contributed by atoms with Crippen molar-refractivity contribution < 1.29 is 4.79 Å². The maximum atomic E-state index is 9.91. The predicted octanol–water partition coefficient (Wildman–Crippen LogP) is 2.00.